The van der Waals surface area contributed by atoms with Crippen LogP contribution in [0, 0.1) is 27.7 Å². The van der Waals surface area contributed by atoms with Gasteiger partial charge in [0.2, 0.25) is 11.8 Å². The van der Waals surface area contributed by atoms with Gasteiger partial charge >= 0.3 is 11.9 Å². The molecule has 67 heavy (non-hydrogen) atoms. The minimum Gasteiger partial charge on any atom is -0.466 e. The summed E-state index contributed by atoms with van der Waals surface area (Å²) in [6, 6.07) is 31.5. The quantitative estimate of drug-likeness (QED) is 0.0899. The number of hydrogen-bond acceptors (Lipinski definition) is 9. The molecule has 0 aliphatic rings. The predicted molar refractivity (Wildman–Crippen MR) is 260 cm³/mol. The Bertz CT molecular complexity index is 3060. The number of primary amides is 2. The Kier molecular flexibility index (Phi) is 14.8. The van der Waals surface area contributed by atoms with Crippen molar-refractivity contribution in [3.05, 3.63) is 167 Å². The van der Waals surface area contributed by atoms with Crippen LogP contribution in [0.15, 0.2) is 122 Å². The van der Waals surface area contributed by atoms with E-state index in [0.29, 0.717) is 43.6 Å². The highest BCUT2D eigenvalue weighted by atomic mass is 32.1. The van der Waals surface area contributed by atoms with Crippen LogP contribution in [0.2, 0.25) is 0 Å². The first-order chi connectivity index (χ1) is 32.3. The second-order valence-electron chi connectivity index (χ2n) is 15.8. The summed E-state index contributed by atoms with van der Waals surface area (Å²) >= 11 is 1.66. The summed E-state index contributed by atoms with van der Waals surface area (Å²) < 4.78 is 18.6. The number of esters is 2. The Balaban J connectivity index is 0.000000199. The van der Waals surface area contributed by atoms with E-state index in [1.54, 1.807) is 61.8 Å². The van der Waals surface area contributed by atoms with E-state index in [2.05, 4.69) is 72.2 Å². The summed E-state index contributed by atoms with van der Waals surface area (Å²) in [6.07, 6.45) is 9.09. The van der Waals surface area contributed by atoms with Gasteiger partial charge in [0, 0.05) is 64.4 Å². The van der Waals surface area contributed by atoms with Crippen molar-refractivity contribution in [1.29, 1.82) is 0 Å². The molecule has 3 aromatic carbocycles. The Morgan fingerprint density at radius 3 is 1.54 bits per heavy atom. The molecule has 0 saturated carbocycles. The molecule has 2 amide bonds. The Morgan fingerprint density at radius 2 is 1.07 bits per heavy atom. The number of amides is 2. The van der Waals surface area contributed by atoms with Crippen LogP contribution in [-0.4, -0.2) is 65.2 Å². The molecule has 0 aliphatic carbocycles. The lowest BCUT2D eigenvalue weighted by atomic mass is 10.1. The summed E-state index contributed by atoms with van der Waals surface area (Å²) in [5.41, 5.74) is 21.6. The lowest BCUT2D eigenvalue weighted by molar-refractivity contribution is -0.144. The molecule has 5 aromatic heterocycles. The molecule has 0 radical (unpaired) electrons. The maximum Gasteiger partial charge on any atom is 0.306 e. The zero-order valence-electron chi connectivity index (χ0n) is 38.5. The van der Waals surface area contributed by atoms with Gasteiger partial charge in [0.05, 0.1) is 42.3 Å². The lowest BCUT2D eigenvalue weighted by Crippen LogP contribution is -2.12. The number of carbonyl (C=O) groups excluding carboxylic acids is 4. The van der Waals surface area contributed by atoms with Crippen molar-refractivity contribution in [2.75, 3.05) is 13.2 Å². The maximum atomic E-state index is 12.0. The third-order valence-electron chi connectivity index (χ3n) is 11.3. The number of imidazole rings is 2. The average Bonchev–Trinajstić information content (AvgIpc) is 4.17. The monoisotopic (exact) mass is 918 g/mol. The topological polar surface area (TPSA) is 184 Å². The van der Waals surface area contributed by atoms with Crippen LogP contribution in [0.1, 0.15) is 81.6 Å². The summed E-state index contributed by atoms with van der Waals surface area (Å²) in [5, 5.41) is 1.07. The highest BCUT2D eigenvalue weighted by Gasteiger charge is 2.20. The van der Waals surface area contributed by atoms with E-state index in [0.717, 1.165) is 78.1 Å². The van der Waals surface area contributed by atoms with Gasteiger partial charge in [-0.15, -0.1) is 11.3 Å². The van der Waals surface area contributed by atoms with Crippen molar-refractivity contribution in [1.82, 2.24) is 28.2 Å². The molecule has 4 N–H and O–H groups in total. The van der Waals surface area contributed by atoms with Gasteiger partial charge in [-0.3, -0.25) is 23.7 Å². The number of rotatable bonds is 16. The van der Waals surface area contributed by atoms with Gasteiger partial charge < -0.3 is 34.6 Å². The predicted octanol–water partition coefficient (Wildman–Crippen LogP) is 9.14. The fourth-order valence-electron chi connectivity index (χ4n) is 8.03. The summed E-state index contributed by atoms with van der Waals surface area (Å²) in [6.45, 7) is 12.2. The standard InChI is InChI=1S/C27H28N4O3.C25H26N4O3S/c1-4-34-26(32)14-11-23-10-13-25(31(23)24-12-7-21(27(28)33)17-18(24)2)20-5-8-22(9-6-20)30-16-15-29-19(30)3;1-4-32-24(30)12-7-19-6-9-21(22-10-11-23(33-22)28-14-13-27-17(28)3)29(19)20-8-5-18(25(26)31)15-16(20)2/h5-10,12-13,15-17H,4,11,14H2,1-3H3,(H2,28,33);5-6,8-11,13-15H,4,7,12H2,1-3H3,(H2,26,31). The number of hydrogen-bond donors (Lipinski definition) is 2. The Hall–Kier alpha value is -7.78. The van der Waals surface area contributed by atoms with Crippen LogP contribution in [0.4, 0.5) is 0 Å². The van der Waals surface area contributed by atoms with Gasteiger partial charge in [-0.25, -0.2) is 9.97 Å². The van der Waals surface area contributed by atoms with Crippen LogP contribution < -0.4 is 11.5 Å². The van der Waals surface area contributed by atoms with Gasteiger partial charge in [-0.05, 0) is 156 Å². The summed E-state index contributed by atoms with van der Waals surface area (Å²) in [4.78, 5) is 57.0. The lowest BCUT2D eigenvalue weighted by Gasteiger charge is -2.17. The molecule has 8 rings (SSSR count). The summed E-state index contributed by atoms with van der Waals surface area (Å²) in [7, 11) is 0. The molecule has 15 heteroatoms. The van der Waals surface area contributed by atoms with E-state index < -0.39 is 11.8 Å². The van der Waals surface area contributed by atoms with E-state index in [1.165, 1.54) is 0 Å². The SMILES string of the molecule is CCOC(=O)CCc1ccc(-c2ccc(-n3ccnc3C)cc2)n1-c1ccc(C(N)=O)cc1C.CCOC(=O)CCc1ccc(-c2ccc(-n3ccnc3C)s2)n1-c1ccc(C(N)=O)cc1C. The molecule has 8 aromatic rings. The fraction of sp³-hybridized carbons (Fsp3) is 0.231. The number of benzene rings is 3. The van der Waals surface area contributed by atoms with Crippen LogP contribution in [0.3, 0.4) is 0 Å². The molecule has 0 unspecified atom stereocenters. The smallest absolute Gasteiger partial charge is 0.306 e. The molecule has 0 spiro atoms. The maximum absolute atomic E-state index is 12.0. The van der Waals surface area contributed by atoms with E-state index >= 15 is 0 Å². The van der Waals surface area contributed by atoms with Gasteiger partial charge in [-0.2, -0.15) is 0 Å². The van der Waals surface area contributed by atoms with Crippen LogP contribution in [0.5, 0.6) is 0 Å². The molecular formula is C52H54N8O6S. The first-order valence-electron chi connectivity index (χ1n) is 22.0. The molecule has 14 nitrogen and oxygen atoms in total. The van der Waals surface area contributed by atoms with Crippen molar-refractivity contribution >= 4 is 35.1 Å². The number of ether oxygens (including phenoxy) is 2. The third kappa shape index (κ3) is 10.7. The second-order valence-corrected chi connectivity index (χ2v) is 16.9. The molecule has 344 valence electrons. The van der Waals surface area contributed by atoms with Gasteiger partial charge in [-0.1, -0.05) is 12.1 Å². The fourth-order valence-corrected chi connectivity index (χ4v) is 9.08. The molecule has 5 heterocycles. The van der Waals surface area contributed by atoms with E-state index in [4.69, 9.17) is 20.9 Å². The highest BCUT2D eigenvalue weighted by molar-refractivity contribution is 7.17. The number of nitrogens with zero attached hydrogens (tertiary/aromatic N) is 6. The largest absolute Gasteiger partial charge is 0.466 e. The zero-order chi connectivity index (χ0) is 47.8. The molecule has 0 aliphatic heterocycles. The van der Waals surface area contributed by atoms with E-state index in [9.17, 15) is 19.2 Å². The van der Waals surface area contributed by atoms with Crippen molar-refractivity contribution in [2.45, 2.75) is 67.2 Å². The van der Waals surface area contributed by atoms with Gasteiger partial charge in [0.15, 0.2) is 0 Å². The average molecular weight is 919 g/mol. The number of nitrogens with two attached hydrogens (primary N) is 2. The molecule has 0 fully saturated rings. The number of thiophene rings is 1. The molecule has 0 bridgehead atoms. The van der Waals surface area contributed by atoms with E-state index in [-0.39, 0.29) is 18.4 Å². The van der Waals surface area contributed by atoms with Crippen molar-refractivity contribution in [3.8, 4) is 43.9 Å². The second kappa shape index (κ2) is 21.0. The molecule has 0 saturated heterocycles. The first-order valence-corrected chi connectivity index (χ1v) is 22.8. The van der Waals surface area contributed by atoms with Gasteiger partial charge in [0.25, 0.3) is 0 Å². The van der Waals surface area contributed by atoms with Crippen molar-refractivity contribution < 1.29 is 28.7 Å². The Labute approximate surface area is 393 Å². The number of aryl methyl sites for hydroxylation is 6. The normalized spacial score (nSPS) is 11.0. The first kappa shape index (κ1) is 47.2. The minimum atomic E-state index is -0.463. The number of aromatic nitrogens is 6. The van der Waals surface area contributed by atoms with Crippen LogP contribution in [-0.2, 0) is 31.9 Å². The molecular weight excluding hydrogens is 865 g/mol. The van der Waals surface area contributed by atoms with Crippen molar-refractivity contribution in [2.24, 2.45) is 11.5 Å². The number of carbonyl (C=O) groups is 4. The Morgan fingerprint density at radius 1 is 0.582 bits per heavy atom. The summed E-state index contributed by atoms with van der Waals surface area (Å²) in [5.74, 6) is 0.474. The van der Waals surface area contributed by atoms with Crippen LogP contribution >= 0.6 is 11.3 Å². The highest BCUT2D eigenvalue weighted by Crippen LogP contribution is 2.36. The van der Waals surface area contributed by atoms with Gasteiger partial charge in [0.1, 0.15) is 16.6 Å². The molecule has 0 atom stereocenters. The minimum absolute atomic E-state index is 0.221. The van der Waals surface area contributed by atoms with Crippen molar-refractivity contribution in [3.63, 3.8) is 0 Å². The third-order valence-corrected chi connectivity index (χ3v) is 12.4. The van der Waals surface area contributed by atoms with E-state index in [1.807, 2.05) is 68.9 Å². The van der Waals surface area contributed by atoms with Crippen LogP contribution in [0.25, 0.3) is 43.9 Å². The zero-order valence-corrected chi connectivity index (χ0v) is 39.3.